The zero-order chi connectivity index (χ0) is 17.1. The van der Waals surface area contributed by atoms with Crippen LogP contribution in [0.5, 0.6) is 0 Å². The predicted molar refractivity (Wildman–Crippen MR) is 94.4 cm³/mol. The predicted octanol–water partition coefficient (Wildman–Crippen LogP) is 2.36. The molecule has 2 atom stereocenters. The maximum Gasteiger partial charge on any atom is 0.266 e. The number of carbonyl (C=O) groups is 2. The van der Waals surface area contributed by atoms with E-state index in [2.05, 4.69) is 0 Å². The smallest absolute Gasteiger partial charge is 0.266 e. The fourth-order valence-corrected chi connectivity index (χ4v) is 3.75. The summed E-state index contributed by atoms with van der Waals surface area (Å²) in [6.07, 6.45) is 2.38. The number of benzene rings is 1. The fourth-order valence-electron chi connectivity index (χ4n) is 2.43. The Morgan fingerprint density at radius 3 is 2.65 bits per heavy atom. The van der Waals surface area contributed by atoms with Crippen molar-refractivity contribution in [3.05, 3.63) is 40.3 Å². The van der Waals surface area contributed by atoms with Crippen LogP contribution in [0.15, 0.2) is 29.2 Å². The number of carbonyl (C=O) groups excluding carboxylic acids is 2. The Balaban J connectivity index is 2.36. The second kappa shape index (κ2) is 7.27. The summed E-state index contributed by atoms with van der Waals surface area (Å²) in [5.41, 5.74) is 1.96. The van der Waals surface area contributed by atoms with E-state index >= 15 is 0 Å². The van der Waals surface area contributed by atoms with Crippen LogP contribution in [0.1, 0.15) is 31.4 Å². The molecule has 1 aliphatic heterocycles. The van der Waals surface area contributed by atoms with E-state index in [1.807, 2.05) is 38.1 Å². The highest BCUT2D eigenvalue weighted by atomic mass is 32.2. The van der Waals surface area contributed by atoms with Crippen molar-refractivity contribution in [3.8, 4) is 0 Å². The molecule has 1 aromatic carbocycles. The normalized spacial score (nSPS) is 19.3. The zero-order valence-corrected chi connectivity index (χ0v) is 14.9. The summed E-state index contributed by atoms with van der Waals surface area (Å²) in [5, 5.41) is 11.5. The monoisotopic (exact) mass is 348 g/mol. The lowest BCUT2D eigenvalue weighted by molar-refractivity contribution is -0.311. The molecule has 1 heterocycles. The van der Waals surface area contributed by atoms with Crippen LogP contribution in [0.3, 0.4) is 0 Å². The van der Waals surface area contributed by atoms with Gasteiger partial charge in [-0.05, 0) is 30.0 Å². The molecule has 1 aromatic rings. The van der Waals surface area contributed by atoms with Gasteiger partial charge in [0.05, 0.1) is 16.9 Å². The van der Waals surface area contributed by atoms with Gasteiger partial charge in [-0.25, -0.2) is 0 Å². The van der Waals surface area contributed by atoms with Gasteiger partial charge >= 0.3 is 0 Å². The van der Waals surface area contributed by atoms with E-state index in [0.717, 1.165) is 22.9 Å². The summed E-state index contributed by atoms with van der Waals surface area (Å²) in [4.78, 5) is 25.8. The molecule has 0 N–H and O–H groups in total. The molecule has 6 heteroatoms. The highest BCUT2D eigenvalue weighted by molar-refractivity contribution is 8.26. The highest BCUT2D eigenvalue weighted by Gasteiger charge is 2.39. The van der Waals surface area contributed by atoms with Crippen LogP contribution in [0.25, 0.3) is 6.08 Å². The van der Waals surface area contributed by atoms with E-state index in [0.29, 0.717) is 11.3 Å². The first-order valence-electron chi connectivity index (χ1n) is 7.40. The number of aliphatic carboxylic acids is 1. The quantitative estimate of drug-likeness (QED) is 0.604. The molecule has 0 bridgehead atoms. The lowest BCUT2D eigenvalue weighted by Gasteiger charge is -2.32. The van der Waals surface area contributed by atoms with Crippen molar-refractivity contribution in [3.63, 3.8) is 0 Å². The Bertz CT molecular complexity index is 684. The van der Waals surface area contributed by atoms with Gasteiger partial charge in [-0.2, -0.15) is 0 Å². The third-order valence-electron chi connectivity index (χ3n) is 4.00. The summed E-state index contributed by atoms with van der Waals surface area (Å²) in [6.45, 7) is 5.61. The number of carboxylic acid groups (broad SMARTS) is 1. The molecule has 0 aliphatic carbocycles. The van der Waals surface area contributed by atoms with Crippen molar-refractivity contribution < 1.29 is 14.7 Å². The molecule has 0 saturated carbocycles. The summed E-state index contributed by atoms with van der Waals surface area (Å²) in [6, 6.07) is 6.65. The SMILES string of the molecule is CC[C@@H](C)[C@@H](C(=O)[O-])N1C(=O)/C(=C/c2ccccc2C)SC1=S. The molecule has 23 heavy (non-hydrogen) atoms. The van der Waals surface area contributed by atoms with Gasteiger partial charge in [0.2, 0.25) is 0 Å². The number of hydrogen-bond acceptors (Lipinski definition) is 5. The van der Waals surface area contributed by atoms with Gasteiger partial charge < -0.3 is 9.90 Å². The van der Waals surface area contributed by atoms with Crippen LogP contribution in [0.4, 0.5) is 0 Å². The lowest BCUT2D eigenvalue weighted by Crippen LogP contribution is -2.53. The Morgan fingerprint density at radius 2 is 2.09 bits per heavy atom. The van der Waals surface area contributed by atoms with Crippen LogP contribution >= 0.6 is 24.0 Å². The molecule has 1 fully saturated rings. The van der Waals surface area contributed by atoms with E-state index in [1.165, 1.54) is 4.90 Å². The number of thioether (sulfide) groups is 1. The van der Waals surface area contributed by atoms with Crippen molar-refractivity contribution in [2.75, 3.05) is 0 Å². The summed E-state index contributed by atoms with van der Waals surface area (Å²) >= 11 is 6.38. The van der Waals surface area contributed by atoms with Gasteiger partial charge in [-0.3, -0.25) is 9.69 Å². The Labute approximate surface area is 145 Å². The number of carboxylic acids is 1. The molecule has 2 rings (SSSR count). The van der Waals surface area contributed by atoms with E-state index in [4.69, 9.17) is 12.2 Å². The average Bonchev–Trinajstić information content (AvgIpc) is 2.77. The number of rotatable bonds is 5. The molecule has 122 valence electrons. The Kier molecular flexibility index (Phi) is 5.59. The van der Waals surface area contributed by atoms with Gasteiger partial charge in [0.15, 0.2) is 0 Å². The first kappa shape index (κ1) is 17.7. The first-order valence-corrected chi connectivity index (χ1v) is 8.62. The molecule has 1 amide bonds. The van der Waals surface area contributed by atoms with E-state index in [9.17, 15) is 14.7 Å². The lowest BCUT2D eigenvalue weighted by atomic mass is 9.98. The van der Waals surface area contributed by atoms with Crippen LogP contribution in [-0.4, -0.2) is 27.1 Å². The molecular weight excluding hydrogens is 330 g/mol. The summed E-state index contributed by atoms with van der Waals surface area (Å²) in [7, 11) is 0. The van der Waals surface area contributed by atoms with Crippen LogP contribution in [0.2, 0.25) is 0 Å². The average molecular weight is 348 g/mol. The van der Waals surface area contributed by atoms with E-state index in [-0.39, 0.29) is 16.1 Å². The van der Waals surface area contributed by atoms with E-state index < -0.39 is 12.0 Å². The molecule has 1 saturated heterocycles. The third-order valence-corrected chi connectivity index (χ3v) is 5.33. The topological polar surface area (TPSA) is 60.4 Å². The number of aryl methyl sites for hydroxylation is 1. The molecule has 0 unspecified atom stereocenters. The van der Waals surface area contributed by atoms with Crippen LogP contribution in [-0.2, 0) is 9.59 Å². The first-order chi connectivity index (χ1) is 10.9. The largest absolute Gasteiger partial charge is 0.548 e. The fraction of sp³-hybridized carbons (Fsp3) is 0.353. The molecule has 4 nitrogen and oxygen atoms in total. The highest BCUT2D eigenvalue weighted by Crippen LogP contribution is 2.36. The standard InChI is InChI=1S/C17H19NO3S2/c1-4-10(2)14(16(20)21)18-15(19)13(23-17(18)22)9-12-8-6-5-7-11(12)3/h5-10,14H,4H2,1-3H3,(H,20,21)/p-1/b13-9-/t10-,14+/m1/s1. The van der Waals surface area contributed by atoms with E-state index in [1.54, 1.807) is 13.0 Å². The maximum absolute atomic E-state index is 12.7. The van der Waals surface area contributed by atoms with Gasteiger partial charge in [-0.1, -0.05) is 68.5 Å². The number of hydrogen-bond donors (Lipinski definition) is 0. The third kappa shape index (κ3) is 3.64. The Morgan fingerprint density at radius 1 is 1.43 bits per heavy atom. The summed E-state index contributed by atoms with van der Waals surface area (Å²) in [5.74, 6) is -1.87. The molecule has 0 aromatic heterocycles. The minimum absolute atomic E-state index is 0.236. The minimum Gasteiger partial charge on any atom is -0.548 e. The minimum atomic E-state index is -1.27. The van der Waals surface area contributed by atoms with Gasteiger partial charge in [0, 0.05) is 0 Å². The second-order valence-electron chi connectivity index (χ2n) is 5.56. The van der Waals surface area contributed by atoms with Gasteiger partial charge in [0.1, 0.15) is 4.32 Å². The number of amides is 1. The van der Waals surface area contributed by atoms with Crippen molar-refractivity contribution in [2.24, 2.45) is 5.92 Å². The van der Waals surface area contributed by atoms with Crippen LogP contribution < -0.4 is 5.11 Å². The number of nitrogens with zero attached hydrogens (tertiary/aromatic N) is 1. The number of thiocarbonyl (C=S) groups is 1. The molecule has 0 spiro atoms. The van der Waals surface area contributed by atoms with Crippen molar-refractivity contribution >= 4 is 46.3 Å². The maximum atomic E-state index is 12.7. The van der Waals surface area contributed by atoms with Gasteiger partial charge in [0.25, 0.3) is 5.91 Å². The Hall–Kier alpha value is -1.66. The molecule has 1 aliphatic rings. The molecular formula is C17H18NO3S2-. The van der Waals surface area contributed by atoms with Crippen molar-refractivity contribution in [1.29, 1.82) is 0 Å². The van der Waals surface area contributed by atoms with Crippen LogP contribution in [0, 0.1) is 12.8 Å². The summed E-state index contributed by atoms with van der Waals surface area (Å²) < 4.78 is 0.268. The van der Waals surface area contributed by atoms with Crippen molar-refractivity contribution in [1.82, 2.24) is 4.90 Å². The zero-order valence-electron chi connectivity index (χ0n) is 13.2. The van der Waals surface area contributed by atoms with Gasteiger partial charge in [-0.15, -0.1) is 0 Å². The second-order valence-corrected chi connectivity index (χ2v) is 7.23. The van der Waals surface area contributed by atoms with Crippen molar-refractivity contribution in [2.45, 2.75) is 33.2 Å². The molecule has 0 radical (unpaired) electrons.